The number of hydrogen-bond acceptors (Lipinski definition) is 3. The summed E-state index contributed by atoms with van der Waals surface area (Å²) in [6, 6.07) is -0.0209. The first kappa shape index (κ1) is 16.0. The average molecular weight is 245 g/mol. The maximum atomic E-state index is 12.3. The first-order chi connectivity index (χ1) is 7.08. The van der Waals surface area contributed by atoms with E-state index in [1.165, 1.54) is 0 Å². The first-order valence-electron chi connectivity index (χ1n) is 5.89. The van der Waals surface area contributed by atoms with Crippen molar-refractivity contribution in [1.29, 1.82) is 0 Å². The molecule has 16 heavy (non-hydrogen) atoms. The van der Waals surface area contributed by atoms with Crippen LogP contribution in [0.4, 0.5) is 0 Å². The molecule has 0 aliphatic carbocycles. The molecule has 96 valence electrons. The van der Waals surface area contributed by atoms with E-state index in [-0.39, 0.29) is 17.0 Å². The predicted molar refractivity (Wildman–Crippen MR) is 74.1 cm³/mol. The minimum atomic E-state index is -0.263. The molecule has 0 aliphatic heterocycles. The largest absolute Gasteiger partial charge is 0.303 e. The van der Waals surface area contributed by atoms with Crippen molar-refractivity contribution in [3.63, 3.8) is 0 Å². The van der Waals surface area contributed by atoms with Gasteiger partial charge in [0.05, 0.1) is 6.04 Å². The molecule has 0 bridgehead atoms. The molecule has 3 heteroatoms. The summed E-state index contributed by atoms with van der Waals surface area (Å²) in [4.78, 5) is 12.3. The summed E-state index contributed by atoms with van der Waals surface area (Å²) in [6.45, 7) is 12.3. The van der Waals surface area contributed by atoms with Gasteiger partial charge in [0.25, 0.3) is 0 Å². The van der Waals surface area contributed by atoms with Crippen molar-refractivity contribution in [2.24, 2.45) is 5.41 Å². The van der Waals surface area contributed by atoms with Gasteiger partial charge >= 0.3 is 0 Å². The van der Waals surface area contributed by atoms with E-state index in [0.29, 0.717) is 5.78 Å². The van der Waals surface area contributed by atoms with E-state index in [4.69, 9.17) is 0 Å². The third-order valence-electron chi connectivity index (χ3n) is 2.27. The number of carbonyl (C=O) groups is 1. The highest BCUT2D eigenvalue weighted by Gasteiger charge is 2.31. The van der Waals surface area contributed by atoms with Gasteiger partial charge in [0, 0.05) is 11.0 Å². The van der Waals surface area contributed by atoms with Crippen LogP contribution in [0.25, 0.3) is 0 Å². The van der Waals surface area contributed by atoms with Gasteiger partial charge in [-0.1, -0.05) is 20.8 Å². The molecule has 0 spiro atoms. The molecule has 0 radical (unpaired) electrons. The summed E-state index contributed by atoms with van der Waals surface area (Å²) in [5.74, 6) is 1.34. The number of ketones is 1. The molecule has 1 N–H and O–H groups in total. The monoisotopic (exact) mass is 245 g/mol. The van der Waals surface area contributed by atoms with Gasteiger partial charge in [0.15, 0.2) is 5.78 Å². The molecule has 1 atom stereocenters. The van der Waals surface area contributed by atoms with Crippen LogP contribution in [0.5, 0.6) is 0 Å². The van der Waals surface area contributed by atoms with Crippen molar-refractivity contribution in [2.45, 2.75) is 59.5 Å². The van der Waals surface area contributed by atoms with Crippen LogP contribution in [0.2, 0.25) is 0 Å². The lowest BCUT2D eigenvalue weighted by Crippen LogP contribution is -2.51. The Morgan fingerprint density at radius 1 is 1.19 bits per heavy atom. The van der Waals surface area contributed by atoms with Crippen LogP contribution in [0.1, 0.15) is 48.0 Å². The topological polar surface area (TPSA) is 29.1 Å². The molecule has 0 aromatic heterocycles. The molecule has 0 amide bonds. The second-order valence-corrected chi connectivity index (χ2v) is 7.33. The average Bonchev–Trinajstić information content (AvgIpc) is 2.07. The van der Waals surface area contributed by atoms with Gasteiger partial charge in [-0.2, -0.15) is 11.8 Å². The molecule has 0 saturated heterocycles. The second kappa shape index (κ2) is 6.06. The molecule has 0 saturated carbocycles. The number of thioether (sulfide) groups is 1. The summed E-state index contributed by atoms with van der Waals surface area (Å²) in [7, 11) is 0. The van der Waals surface area contributed by atoms with Crippen molar-refractivity contribution < 1.29 is 4.79 Å². The zero-order valence-corrected chi connectivity index (χ0v) is 12.6. The Kier molecular flexibility index (Phi) is 6.05. The Morgan fingerprint density at radius 2 is 1.69 bits per heavy atom. The fourth-order valence-corrected chi connectivity index (χ4v) is 2.02. The minimum Gasteiger partial charge on any atom is -0.303 e. The van der Waals surface area contributed by atoms with Crippen molar-refractivity contribution in [3.8, 4) is 0 Å². The maximum absolute atomic E-state index is 12.3. The molecule has 0 rings (SSSR count). The lowest BCUT2D eigenvalue weighted by atomic mass is 9.84. The van der Waals surface area contributed by atoms with Crippen LogP contribution in [0.3, 0.4) is 0 Å². The Balaban J connectivity index is 4.61. The lowest BCUT2D eigenvalue weighted by molar-refractivity contribution is -0.129. The van der Waals surface area contributed by atoms with Crippen LogP contribution < -0.4 is 5.32 Å². The molecule has 0 heterocycles. The molecule has 0 aromatic carbocycles. The summed E-state index contributed by atoms with van der Waals surface area (Å²) in [5.41, 5.74) is -0.273. The number of carbonyl (C=O) groups excluding carboxylic acids is 1. The summed E-state index contributed by atoms with van der Waals surface area (Å²) in [6.07, 6.45) is 2.99. The van der Waals surface area contributed by atoms with Gasteiger partial charge in [-0.25, -0.2) is 0 Å². The number of nitrogens with one attached hydrogen (secondary N) is 1. The van der Waals surface area contributed by atoms with Gasteiger partial charge in [0.1, 0.15) is 0 Å². The highest BCUT2D eigenvalue weighted by atomic mass is 32.2. The van der Waals surface area contributed by atoms with E-state index in [1.807, 2.05) is 20.8 Å². The van der Waals surface area contributed by atoms with E-state index in [9.17, 15) is 4.79 Å². The number of rotatable bonds is 5. The maximum Gasteiger partial charge on any atom is 0.155 e. The first-order valence-corrected chi connectivity index (χ1v) is 7.28. The standard InChI is InChI=1S/C13H27NOS/c1-12(2,3)11(15)10(8-9-16-7)14-13(4,5)6/h10,14H,8-9H2,1-7H3. The fourth-order valence-electron chi connectivity index (χ4n) is 1.55. The lowest BCUT2D eigenvalue weighted by Gasteiger charge is -2.31. The summed E-state index contributed by atoms with van der Waals surface area (Å²) >= 11 is 1.79. The molecular weight excluding hydrogens is 218 g/mol. The Morgan fingerprint density at radius 3 is 2.00 bits per heavy atom. The van der Waals surface area contributed by atoms with Gasteiger partial charge in [-0.05, 0) is 39.2 Å². The number of hydrogen-bond donors (Lipinski definition) is 1. The zero-order valence-electron chi connectivity index (χ0n) is 11.8. The van der Waals surface area contributed by atoms with Crippen LogP contribution in [-0.2, 0) is 4.79 Å². The van der Waals surface area contributed by atoms with Crippen LogP contribution in [0.15, 0.2) is 0 Å². The summed E-state index contributed by atoms with van der Waals surface area (Å²) in [5, 5.41) is 3.43. The van der Waals surface area contributed by atoms with E-state index in [1.54, 1.807) is 11.8 Å². The minimum absolute atomic E-state index is 0.00994. The van der Waals surface area contributed by atoms with Gasteiger partial charge in [-0.3, -0.25) is 4.79 Å². The van der Waals surface area contributed by atoms with Gasteiger partial charge in [-0.15, -0.1) is 0 Å². The Bertz CT molecular complexity index is 225. The molecule has 2 nitrogen and oxygen atoms in total. The molecular formula is C13H27NOS. The SMILES string of the molecule is CSCCC(NC(C)(C)C)C(=O)C(C)(C)C. The third kappa shape index (κ3) is 6.54. The molecule has 0 aromatic rings. The second-order valence-electron chi connectivity index (χ2n) is 6.34. The van der Waals surface area contributed by atoms with Crippen molar-refractivity contribution >= 4 is 17.5 Å². The van der Waals surface area contributed by atoms with Crippen molar-refractivity contribution in [1.82, 2.24) is 5.32 Å². The van der Waals surface area contributed by atoms with Gasteiger partial charge in [0.2, 0.25) is 0 Å². The Labute approximate surface area is 105 Å². The van der Waals surface area contributed by atoms with Crippen molar-refractivity contribution in [2.75, 3.05) is 12.0 Å². The highest BCUT2D eigenvalue weighted by molar-refractivity contribution is 7.98. The Hall–Kier alpha value is -0.0200. The van der Waals surface area contributed by atoms with E-state index in [0.717, 1.165) is 12.2 Å². The smallest absolute Gasteiger partial charge is 0.155 e. The van der Waals surface area contributed by atoms with Crippen LogP contribution >= 0.6 is 11.8 Å². The fraction of sp³-hybridized carbons (Fsp3) is 0.923. The normalized spacial score (nSPS) is 14.9. The predicted octanol–water partition coefficient (Wildman–Crippen LogP) is 3.11. The third-order valence-corrected chi connectivity index (χ3v) is 2.92. The zero-order chi connectivity index (χ0) is 13.0. The molecule has 0 fully saturated rings. The van der Waals surface area contributed by atoms with Crippen molar-refractivity contribution in [3.05, 3.63) is 0 Å². The molecule has 1 unspecified atom stereocenters. The molecule has 0 aliphatic rings. The van der Waals surface area contributed by atoms with Crippen LogP contribution in [0, 0.1) is 5.41 Å². The highest BCUT2D eigenvalue weighted by Crippen LogP contribution is 2.20. The number of Topliss-reactive ketones (excluding diaryl/α,β-unsaturated/α-hetero) is 1. The van der Waals surface area contributed by atoms with E-state index in [2.05, 4.69) is 32.3 Å². The van der Waals surface area contributed by atoms with E-state index >= 15 is 0 Å². The summed E-state index contributed by atoms with van der Waals surface area (Å²) < 4.78 is 0. The van der Waals surface area contributed by atoms with Gasteiger partial charge < -0.3 is 5.32 Å². The van der Waals surface area contributed by atoms with Crippen LogP contribution in [-0.4, -0.2) is 29.4 Å². The van der Waals surface area contributed by atoms with E-state index < -0.39 is 0 Å². The quantitative estimate of drug-likeness (QED) is 0.807.